The summed E-state index contributed by atoms with van der Waals surface area (Å²) in [6.45, 7) is 3.16. The van der Waals surface area contributed by atoms with Gasteiger partial charge < -0.3 is 10.6 Å². The summed E-state index contributed by atoms with van der Waals surface area (Å²) < 4.78 is 0. The van der Waals surface area contributed by atoms with E-state index in [9.17, 15) is 0 Å². The van der Waals surface area contributed by atoms with Gasteiger partial charge in [-0.3, -0.25) is 0 Å². The highest BCUT2D eigenvalue weighted by Gasteiger charge is 2.03. The molecule has 0 fully saturated rings. The molecular formula is C16H20N2. The molecule has 0 spiro atoms. The van der Waals surface area contributed by atoms with Crippen LogP contribution in [0, 0.1) is 6.92 Å². The summed E-state index contributed by atoms with van der Waals surface area (Å²) in [5, 5.41) is 0. The van der Waals surface area contributed by atoms with Crippen molar-refractivity contribution in [1.82, 2.24) is 0 Å². The topological polar surface area (TPSA) is 29.3 Å². The minimum absolute atomic E-state index is 0.825. The third-order valence-corrected chi connectivity index (χ3v) is 3.24. The van der Waals surface area contributed by atoms with Gasteiger partial charge in [0.2, 0.25) is 0 Å². The Morgan fingerprint density at radius 3 is 2.33 bits per heavy atom. The Bertz CT molecular complexity index is 503. The highest BCUT2D eigenvalue weighted by molar-refractivity contribution is 5.52. The zero-order chi connectivity index (χ0) is 13.0. The molecule has 0 aliphatic carbocycles. The zero-order valence-corrected chi connectivity index (χ0v) is 11.1. The fraction of sp³-hybridized carbons (Fsp3) is 0.250. The Labute approximate surface area is 109 Å². The predicted octanol–water partition coefficient (Wildman–Crippen LogP) is 3.26. The van der Waals surface area contributed by atoms with E-state index in [0.717, 1.165) is 18.7 Å². The summed E-state index contributed by atoms with van der Waals surface area (Å²) in [6.07, 6.45) is 1.03. The van der Waals surface area contributed by atoms with Gasteiger partial charge in [-0.1, -0.05) is 30.3 Å². The first-order valence-corrected chi connectivity index (χ1v) is 6.28. The number of benzene rings is 2. The van der Waals surface area contributed by atoms with E-state index in [0.29, 0.717) is 0 Å². The Balaban J connectivity index is 1.98. The first kappa shape index (κ1) is 12.5. The number of hydrogen-bond donors (Lipinski definition) is 1. The SMILES string of the molecule is Cc1ccccc1N(C)CCc1ccc(N)cc1. The lowest BCUT2D eigenvalue weighted by molar-refractivity contribution is 0.873. The van der Waals surface area contributed by atoms with Crippen LogP contribution in [0.25, 0.3) is 0 Å². The van der Waals surface area contributed by atoms with Gasteiger partial charge in [0.05, 0.1) is 0 Å². The van der Waals surface area contributed by atoms with E-state index in [2.05, 4.69) is 55.3 Å². The molecule has 2 N–H and O–H groups in total. The van der Waals surface area contributed by atoms with Crippen molar-refractivity contribution in [2.24, 2.45) is 0 Å². The molecule has 0 aliphatic rings. The van der Waals surface area contributed by atoms with Crippen LogP contribution in [0.4, 0.5) is 11.4 Å². The third kappa shape index (κ3) is 3.04. The lowest BCUT2D eigenvalue weighted by Gasteiger charge is -2.21. The number of likely N-dealkylation sites (N-methyl/N-ethyl adjacent to an activating group) is 1. The molecule has 2 aromatic rings. The molecule has 2 aromatic carbocycles. The first-order chi connectivity index (χ1) is 8.66. The summed E-state index contributed by atoms with van der Waals surface area (Å²) in [4.78, 5) is 2.30. The van der Waals surface area contributed by atoms with Crippen LogP contribution in [-0.2, 0) is 6.42 Å². The second-order valence-corrected chi connectivity index (χ2v) is 4.70. The molecule has 0 unspecified atom stereocenters. The van der Waals surface area contributed by atoms with Crippen molar-refractivity contribution in [1.29, 1.82) is 0 Å². The van der Waals surface area contributed by atoms with Crippen molar-refractivity contribution >= 4 is 11.4 Å². The fourth-order valence-corrected chi connectivity index (χ4v) is 2.09. The van der Waals surface area contributed by atoms with Gasteiger partial charge in [-0.25, -0.2) is 0 Å². The fourth-order valence-electron chi connectivity index (χ4n) is 2.09. The Kier molecular flexibility index (Phi) is 3.88. The number of nitrogens with two attached hydrogens (primary N) is 1. The summed E-state index contributed by atoms with van der Waals surface area (Å²) >= 11 is 0. The number of rotatable bonds is 4. The van der Waals surface area contributed by atoms with Gasteiger partial charge in [-0.2, -0.15) is 0 Å². The van der Waals surface area contributed by atoms with Crippen molar-refractivity contribution in [3.8, 4) is 0 Å². The van der Waals surface area contributed by atoms with E-state index in [1.54, 1.807) is 0 Å². The number of hydrogen-bond acceptors (Lipinski definition) is 2. The van der Waals surface area contributed by atoms with Gasteiger partial charge in [0, 0.05) is 25.0 Å². The normalized spacial score (nSPS) is 10.3. The van der Waals surface area contributed by atoms with Crippen LogP contribution in [0.3, 0.4) is 0 Å². The zero-order valence-electron chi connectivity index (χ0n) is 11.1. The van der Waals surface area contributed by atoms with Crippen LogP contribution in [-0.4, -0.2) is 13.6 Å². The van der Waals surface area contributed by atoms with Crippen molar-refractivity contribution in [2.45, 2.75) is 13.3 Å². The maximum atomic E-state index is 5.68. The standard InChI is InChI=1S/C16H20N2/c1-13-5-3-4-6-16(13)18(2)12-11-14-7-9-15(17)10-8-14/h3-10H,11-12,17H2,1-2H3. The van der Waals surface area contributed by atoms with Gasteiger partial charge in [-0.05, 0) is 42.7 Å². The van der Waals surface area contributed by atoms with Crippen LogP contribution >= 0.6 is 0 Å². The summed E-state index contributed by atoms with van der Waals surface area (Å²) in [6, 6.07) is 16.6. The summed E-state index contributed by atoms with van der Waals surface area (Å²) in [5.41, 5.74) is 10.4. The van der Waals surface area contributed by atoms with Gasteiger partial charge in [0.15, 0.2) is 0 Å². The van der Waals surface area contributed by atoms with Crippen LogP contribution in [0.5, 0.6) is 0 Å². The summed E-state index contributed by atoms with van der Waals surface area (Å²) in [7, 11) is 2.14. The molecule has 0 aliphatic heterocycles. The first-order valence-electron chi connectivity index (χ1n) is 6.28. The molecule has 0 aromatic heterocycles. The van der Waals surface area contributed by atoms with E-state index in [1.165, 1.54) is 16.8 Å². The van der Waals surface area contributed by atoms with E-state index in [1.807, 2.05) is 12.1 Å². The van der Waals surface area contributed by atoms with Gasteiger partial charge >= 0.3 is 0 Å². The molecule has 94 valence electrons. The number of anilines is 2. The van der Waals surface area contributed by atoms with Gasteiger partial charge in [0.25, 0.3) is 0 Å². The smallest absolute Gasteiger partial charge is 0.0393 e. The Morgan fingerprint density at radius 1 is 1.00 bits per heavy atom. The molecule has 18 heavy (non-hydrogen) atoms. The molecule has 2 rings (SSSR count). The minimum atomic E-state index is 0.825. The average molecular weight is 240 g/mol. The van der Waals surface area contributed by atoms with Gasteiger partial charge in [0.1, 0.15) is 0 Å². The highest BCUT2D eigenvalue weighted by Crippen LogP contribution is 2.18. The summed E-state index contributed by atoms with van der Waals surface area (Å²) in [5.74, 6) is 0. The molecule has 2 nitrogen and oxygen atoms in total. The Morgan fingerprint density at radius 2 is 1.67 bits per heavy atom. The lowest BCUT2D eigenvalue weighted by atomic mass is 10.1. The monoisotopic (exact) mass is 240 g/mol. The molecule has 0 bridgehead atoms. The van der Waals surface area contributed by atoms with Crippen LogP contribution in [0.1, 0.15) is 11.1 Å². The average Bonchev–Trinajstić information content (AvgIpc) is 2.38. The quantitative estimate of drug-likeness (QED) is 0.831. The minimum Gasteiger partial charge on any atom is -0.399 e. The van der Waals surface area contributed by atoms with Crippen molar-refractivity contribution in [2.75, 3.05) is 24.2 Å². The lowest BCUT2D eigenvalue weighted by Crippen LogP contribution is -2.21. The largest absolute Gasteiger partial charge is 0.399 e. The van der Waals surface area contributed by atoms with Crippen LogP contribution < -0.4 is 10.6 Å². The predicted molar refractivity (Wildman–Crippen MR) is 79.0 cm³/mol. The maximum Gasteiger partial charge on any atom is 0.0393 e. The van der Waals surface area contributed by atoms with Crippen molar-refractivity contribution < 1.29 is 0 Å². The van der Waals surface area contributed by atoms with Crippen molar-refractivity contribution in [3.05, 3.63) is 59.7 Å². The Hall–Kier alpha value is -1.96. The van der Waals surface area contributed by atoms with Gasteiger partial charge in [-0.15, -0.1) is 0 Å². The molecule has 2 heteroatoms. The van der Waals surface area contributed by atoms with Crippen LogP contribution in [0.15, 0.2) is 48.5 Å². The molecule has 0 saturated heterocycles. The number of nitrogens with zero attached hydrogens (tertiary/aromatic N) is 1. The van der Waals surface area contributed by atoms with E-state index in [-0.39, 0.29) is 0 Å². The van der Waals surface area contributed by atoms with E-state index < -0.39 is 0 Å². The number of aryl methyl sites for hydroxylation is 1. The van der Waals surface area contributed by atoms with Crippen molar-refractivity contribution in [3.63, 3.8) is 0 Å². The number of para-hydroxylation sites is 1. The van der Waals surface area contributed by atoms with Crippen LogP contribution in [0.2, 0.25) is 0 Å². The molecule has 0 heterocycles. The molecular weight excluding hydrogens is 220 g/mol. The van der Waals surface area contributed by atoms with E-state index >= 15 is 0 Å². The van der Waals surface area contributed by atoms with E-state index in [4.69, 9.17) is 5.73 Å². The molecule has 0 saturated carbocycles. The third-order valence-electron chi connectivity index (χ3n) is 3.24. The second-order valence-electron chi connectivity index (χ2n) is 4.70. The molecule has 0 atom stereocenters. The number of nitrogen functional groups attached to an aromatic ring is 1. The maximum absolute atomic E-state index is 5.68. The highest BCUT2D eigenvalue weighted by atomic mass is 15.1. The molecule has 0 radical (unpaired) electrons. The molecule has 0 amide bonds. The second kappa shape index (κ2) is 5.58.